The molecule has 1 aromatic rings. The highest BCUT2D eigenvalue weighted by Crippen LogP contribution is 2.26. The van der Waals surface area contributed by atoms with Crippen molar-refractivity contribution < 1.29 is 0 Å². The molecule has 3 rings (SSSR count). The van der Waals surface area contributed by atoms with Crippen molar-refractivity contribution in [2.75, 3.05) is 0 Å². The average Bonchev–Trinajstić information content (AvgIpc) is 3.03. The molecular weight excluding hydrogens is 198 g/mol. The molecule has 0 amide bonds. The second-order valence-electron chi connectivity index (χ2n) is 3.45. The fourth-order valence-electron chi connectivity index (χ4n) is 1.62. The molecule has 2 aliphatic heterocycles. The van der Waals surface area contributed by atoms with Gasteiger partial charge in [0.2, 0.25) is 0 Å². The van der Waals surface area contributed by atoms with Gasteiger partial charge in [-0.3, -0.25) is 4.98 Å². The summed E-state index contributed by atoms with van der Waals surface area (Å²) in [5.74, 6) is 0. The summed E-state index contributed by atoms with van der Waals surface area (Å²) in [5.41, 5.74) is 1.76. The van der Waals surface area contributed by atoms with E-state index >= 15 is 0 Å². The van der Waals surface area contributed by atoms with Crippen LogP contribution in [0.15, 0.2) is 18.2 Å². The lowest BCUT2D eigenvalue weighted by atomic mass is 10.1. The molecule has 3 nitrogen and oxygen atoms in total. The average molecular weight is 207 g/mol. The number of hydrogen-bond donors (Lipinski definition) is 0. The van der Waals surface area contributed by atoms with E-state index in [1.54, 1.807) is 13.1 Å². The van der Waals surface area contributed by atoms with Crippen molar-refractivity contribution in [1.29, 1.82) is 0 Å². The van der Waals surface area contributed by atoms with Crippen LogP contribution in [0.4, 0.5) is 0 Å². The molecule has 0 aliphatic carbocycles. The molecule has 1 aromatic heterocycles. The molecule has 16 heavy (non-hydrogen) atoms. The largest absolute Gasteiger partial charge is 0.254 e. The monoisotopic (exact) mass is 207 g/mol. The third kappa shape index (κ3) is 1.97. The van der Waals surface area contributed by atoms with Crippen molar-refractivity contribution >= 4 is 0 Å². The molecular formula is C13H9N3. The summed E-state index contributed by atoms with van der Waals surface area (Å²) in [7, 11) is 0. The summed E-state index contributed by atoms with van der Waals surface area (Å²) in [4.78, 5) is 4.53. The smallest absolute Gasteiger partial charge is 0.107 e. The molecule has 3 heterocycles. The molecule has 76 valence electrons. The normalized spacial score (nSPS) is 23.0. The summed E-state index contributed by atoms with van der Waals surface area (Å²) in [6, 6.07) is 7.67. The maximum atomic E-state index is 4.53. The molecule has 0 spiro atoms. The predicted molar refractivity (Wildman–Crippen MR) is 59.0 cm³/mol. The zero-order valence-corrected chi connectivity index (χ0v) is 8.54. The van der Waals surface area contributed by atoms with E-state index in [0.717, 1.165) is 23.5 Å². The van der Waals surface area contributed by atoms with Crippen molar-refractivity contribution in [3.05, 3.63) is 80.4 Å². The Hall–Kier alpha value is -0.930. The molecule has 0 unspecified atom stereocenters. The second-order valence-corrected chi connectivity index (χ2v) is 3.45. The van der Waals surface area contributed by atoms with Gasteiger partial charge in [0.1, 0.15) is 12.1 Å². The van der Waals surface area contributed by atoms with E-state index < -0.39 is 0 Å². The van der Waals surface area contributed by atoms with E-state index in [0.29, 0.717) is 0 Å². The fraction of sp³-hybridized carbons (Fsp3) is 0. The Morgan fingerprint density at radius 3 is 1.75 bits per heavy atom. The van der Waals surface area contributed by atoms with Crippen LogP contribution in [0.5, 0.6) is 0 Å². The zero-order valence-electron chi connectivity index (χ0n) is 8.54. The lowest BCUT2D eigenvalue weighted by Gasteiger charge is -2.11. The minimum atomic E-state index is 0.880. The van der Waals surface area contributed by atoms with Crippen molar-refractivity contribution in [2.24, 2.45) is 0 Å². The Kier molecular flexibility index (Phi) is 2.89. The van der Waals surface area contributed by atoms with Gasteiger partial charge in [-0.15, -0.1) is 0 Å². The highest BCUT2D eigenvalue weighted by molar-refractivity contribution is 5.41. The van der Waals surface area contributed by atoms with Crippen LogP contribution in [0, 0.1) is 50.9 Å². The van der Waals surface area contributed by atoms with Crippen LogP contribution < -0.4 is 10.6 Å². The molecule has 2 fully saturated rings. The van der Waals surface area contributed by atoms with Gasteiger partial charge in [-0.2, -0.15) is 0 Å². The highest BCUT2D eigenvalue weighted by atomic mass is 15.0. The molecule has 2 aliphatic rings. The van der Waals surface area contributed by atoms with Crippen LogP contribution in [-0.4, -0.2) is 4.98 Å². The van der Waals surface area contributed by atoms with Crippen molar-refractivity contribution in [1.82, 2.24) is 15.6 Å². The molecule has 0 saturated carbocycles. The first-order valence-electron chi connectivity index (χ1n) is 5.07. The molecule has 3 heteroatoms. The first-order chi connectivity index (χ1) is 7.93. The van der Waals surface area contributed by atoms with Crippen LogP contribution in [0.2, 0.25) is 0 Å². The van der Waals surface area contributed by atoms with E-state index in [2.05, 4.69) is 15.6 Å². The molecule has 0 N–H and O–H groups in total. The third-order valence-corrected chi connectivity index (χ3v) is 2.38. The van der Waals surface area contributed by atoms with Gasteiger partial charge < -0.3 is 0 Å². The summed E-state index contributed by atoms with van der Waals surface area (Å²) < 4.78 is 0. The van der Waals surface area contributed by atoms with Gasteiger partial charge in [-0.25, -0.2) is 10.6 Å². The molecule has 2 saturated heterocycles. The van der Waals surface area contributed by atoms with Crippen LogP contribution in [-0.2, 0) is 0 Å². The molecule has 0 bridgehead atoms. The van der Waals surface area contributed by atoms with Crippen LogP contribution in [0.1, 0.15) is 11.4 Å². The van der Waals surface area contributed by atoms with Gasteiger partial charge in [0.25, 0.3) is 0 Å². The van der Waals surface area contributed by atoms with Crippen LogP contribution in [0.25, 0.3) is 0 Å². The number of aromatic nitrogens is 1. The Labute approximate surface area is 96.7 Å². The first-order valence-corrected chi connectivity index (χ1v) is 5.07. The summed E-state index contributed by atoms with van der Waals surface area (Å²) in [6.45, 7) is 3.54. The van der Waals surface area contributed by atoms with Gasteiger partial charge in [-0.1, -0.05) is 6.07 Å². The fourth-order valence-corrected chi connectivity index (χ4v) is 1.62. The summed E-state index contributed by atoms with van der Waals surface area (Å²) in [5, 5.41) is 8.45. The van der Waals surface area contributed by atoms with E-state index in [-0.39, 0.29) is 0 Å². The number of pyridine rings is 1. The molecule has 0 aromatic carbocycles. The maximum absolute atomic E-state index is 4.53. The zero-order chi connectivity index (χ0) is 10.8. The third-order valence-electron chi connectivity index (χ3n) is 2.38. The molecule has 0 atom stereocenters. The SMILES string of the molecule is [CH]1[CH][N][C](c2cccc([C]3[CH][CH][CH][N]3)n2)[CH]1. The Balaban J connectivity index is 1.81. The van der Waals surface area contributed by atoms with Crippen LogP contribution >= 0.6 is 0 Å². The predicted octanol–water partition coefficient (Wildman–Crippen LogP) is 1.22. The van der Waals surface area contributed by atoms with E-state index in [4.69, 9.17) is 0 Å². The van der Waals surface area contributed by atoms with Gasteiger partial charge in [0.05, 0.1) is 11.4 Å². The minimum absolute atomic E-state index is 0.880. The van der Waals surface area contributed by atoms with E-state index in [1.165, 1.54) is 0 Å². The Bertz CT molecular complexity index is 321. The van der Waals surface area contributed by atoms with Gasteiger partial charge >= 0.3 is 0 Å². The number of rotatable bonds is 2. The number of nitrogens with zero attached hydrogens (tertiary/aromatic N) is 3. The van der Waals surface area contributed by atoms with Crippen molar-refractivity contribution in [2.45, 2.75) is 0 Å². The Morgan fingerprint density at radius 1 is 0.750 bits per heavy atom. The summed E-state index contributed by atoms with van der Waals surface area (Å²) >= 11 is 0. The topological polar surface area (TPSA) is 41.1 Å². The van der Waals surface area contributed by atoms with Crippen molar-refractivity contribution in [3.8, 4) is 0 Å². The summed E-state index contributed by atoms with van der Waals surface area (Å²) in [6.07, 6.45) is 7.71. The van der Waals surface area contributed by atoms with E-state index in [1.807, 2.05) is 43.9 Å². The van der Waals surface area contributed by atoms with Crippen LogP contribution in [0.3, 0.4) is 0 Å². The minimum Gasteiger partial charge on any atom is -0.254 e. The highest BCUT2D eigenvalue weighted by Gasteiger charge is 2.24. The second kappa shape index (κ2) is 4.52. The Morgan fingerprint density at radius 2 is 1.31 bits per heavy atom. The standard InChI is InChI=1S/C13H9N3/c1-4-12(10-6-2-8-14-10)16-13(5-1)11-7-3-9-15-11/h1-9H. The van der Waals surface area contributed by atoms with E-state index in [9.17, 15) is 0 Å². The van der Waals surface area contributed by atoms with Gasteiger partial charge in [0, 0.05) is 13.1 Å². The number of hydrogen-bond acceptors (Lipinski definition) is 1. The lowest BCUT2D eigenvalue weighted by Crippen LogP contribution is -2.12. The maximum Gasteiger partial charge on any atom is 0.107 e. The quantitative estimate of drug-likeness (QED) is 0.718. The van der Waals surface area contributed by atoms with Gasteiger partial charge in [0.15, 0.2) is 0 Å². The lowest BCUT2D eigenvalue weighted by molar-refractivity contribution is 0.868. The van der Waals surface area contributed by atoms with Crippen molar-refractivity contribution in [3.63, 3.8) is 0 Å². The first kappa shape index (κ1) is 10.2. The van der Waals surface area contributed by atoms with Gasteiger partial charge in [-0.05, 0) is 37.8 Å². The molecule has 10 radical (unpaired) electrons.